The average molecular weight is 173 g/mol. The van der Waals surface area contributed by atoms with Gasteiger partial charge in [0.25, 0.3) is 0 Å². The number of hydrogen-bond donors (Lipinski definition) is 1. The second kappa shape index (κ2) is 2.94. The summed E-state index contributed by atoms with van der Waals surface area (Å²) in [5.74, 6) is 0. The van der Waals surface area contributed by atoms with Crippen molar-refractivity contribution in [2.75, 3.05) is 5.73 Å². The van der Waals surface area contributed by atoms with Gasteiger partial charge >= 0.3 is 0 Å². The Kier molecular flexibility index (Phi) is 1.77. The molecule has 3 heteroatoms. The average Bonchev–Trinajstić information content (AvgIpc) is 2.53. The first-order valence-corrected chi connectivity index (χ1v) is 4.13. The second-order valence-corrected chi connectivity index (χ2v) is 3.02. The molecule has 0 amide bonds. The van der Waals surface area contributed by atoms with Gasteiger partial charge in [0.05, 0.1) is 17.6 Å². The number of benzene rings is 1. The van der Waals surface area contributed by atoms with Crippen LogP contribution in [0.15, 0.2) is 36.7 Å². The smallest absolute Gasteiger partial charge is 0.0874 e. The molecular weight excluding hydrogens is 162 g/mol. The predicted molar refractivity (Wildman–Crippen MR) is 52.7 cm³/mol. The zero-order valence-electron chi connectivity index (χ0n) is 7.44. The van der Waals surface area contributed by atoms with E-state index in [0.29, 0.717) is 0 Å². The van der Waals surface area contributed by atoms with Gasteiger partial charge in [-0.05, 0) is 24.6 Å². The maximum Gasteiger partial charge on any atom is 0.0874 e. The number of aryl methyl sites for hydroxylation is 1. The first-order chi connectivity index (χ1) is 6.27. The fourth-order valence-corrected chi connectivity index (χ4v) is 1.24. The summed E-state index contributed by atoms with van der Waals surface area (Å²) in [6, 6.07) is 7.67. The zero-order valence-corrected chi connectivity index (χ0v) is 7.44. The third kappa shape index (κ3) is 1.40. The lowest BCUT2D eigenvalue weighted by Crippen LogP contribution is -1.99. The Morgan fingerprint density at radius 3 is 2.69 bits per heavy atom. The standard InChI is InChI=1S/C10H11N3/c1-8-6-12-13(7-8)10-5-3-2-4-9(10)11/h2-7H,11H2,1H3. The van der Waals surface area contributed by atoms with Crippen molar-refractivity contribution in [2.45, 2.75) is 6.92 Å². The Bertz CT molecular complexity index is 418. The number of para-hydroxylation sites is 2. The van der Waals surface area contributed by atoms with E-state index in [9.17, 15) is 0 Å². The van der Waals surface area contributed by atoms with E-state index < -0.39 is 0 Å². The molecule has 0 atom stereocenters. The third-order valence-electron chi connectivity index (χ3n) is 1.90. The second-order valence-electron chi connectivity index (χ2n) is 3.02. The summed E-state index contributed by atoms with van der Waals surface area (Å²) in [7, 11) is 0. The fourth-order valence-electron chi connectivity index (χ4n) is 1.24. The van der Waals surface area contributed by atoms with Crippen LogP contribution in [0.1, 0.15) is 5.56 Å². The van der Waals surface area contributed by atoms with E-state index >= 15 is 0 Å². The van der Waals surface area contributed by atoms with Gasteiger partial charge in [-0.3, -0.25) is 0 Å². The van der Waals surface area contributed by atoms with Crippen molar-refractivity contribution in [2.24, 2.45) is 0 Å². The van der Waals surface area contributed by atoms with Crippen LogP contribution in [0.4, 0.5) is 5.69 Å². The van der Waals surface area contributed by atoms with Gasteiger partial charge in [0.2, 0.25) is 0 Å². The quantitative estimate of drug-likeness (QED) is 0.668. The van der Waals surface area contributed by atoms with Crippen molar-refractivity contribution in [3.8, 4) is 5.69 Å². The topological polar surface area (TPSA) is 43.8 Å². The molecule has 2 rings (SSSR count). The highest BCUT2D eigenvalue weighted by molar-refractivity contribution is 5.56. The van der Waals surface area contributed by atoms with E-state index in [4.69, 9.17) is 5.73 Å². The Labute approximate surface area is 76.8 Å². The number of rotatable bonds is 1. The molecule has 0 unspecified atom stereocenters. The molecular formula is C10H11N3. The number of aromatic nitrogens is 2. The minimum Gasteiger partial charge on any atom is -0.397 e. The molecule has 0 bridgehead atoms. The maximum absolute atomic E-state index is 5.80. The highest BCUT2D eigenvalue weighted by Gasteiger charge is 2.00. The molecule has 0 aliphatic heterocycles. The molecule has 66 valence electrons. The molecule has 0 fully saturated rings. The maximum atomic E-state index is 5.80. The zero-order chi connectivity index (χ0) is 9.26. The Balaban J connectivity index is 2.52. The third-order valence-corrected chi connectivity index (χ3v) is 1.90. The van der Waals surface area contributed by atoms with Crippen LogP contribution < -0.4 is 5.73 Å². The molecule has 0 aliphatic rings. The summed E-state index contributed by atoms with van der Waals surface area (Å²) in [5, 5.41) is 4.18. The molecule has 0 saturated heterocycles. The number of anilines is 1. The van der Waals surface area contributed by atoms with E-state index in [1.54, 1.807) is 4.68 Å². The number of nitrogens with zero attached hydrogens (tertiary/aromatic N) is 2. The Morgan fingerprint density at radius 1 is 1.31 bits per heavy atom. The molecule has 2 N–H and O–H groups in total. The van der Waals surface area contributed by atoms with Crippen molar-refractivity contribution in [1.29, 1.82) is 0 Å². The van der Waals surface area contributed by atoms with Crippen LogP contribution >= 0.6 is 0 Å². The van der Waals surface area contributed by atoms with Gasteiger partial charge in [0.15, 0.2) is 0 Å². The summed E-state index contributed by atoms with van der Waals surface area (Å²) in [6.07, 6.45) is 3.76. The van der Waals surface area contributed by atoms with Gasteiger partial charge in [-0.1, -0.05) is 12.1 Å². The fraction of sp³-hybridized carbons (Fsp3) is 0.100. The van der Waals surface area contributed by atoms with Gasteiger partial charge in [-0.25, -0.2) is 4.68 Å². The molecule has 0 saturated carbocycles. The van der Waals surface area contributed by atoms with Gasteiger partial charge in [-0.15, -0.1) is 0 Å². The molecule has 13 heavy (non-hydrogen) atoms. The number of hydrogen-bond acceptors (Lipinski definition) is 2. The minimum absolute atomic E-state index is 0.741. The van der Waals surface area contributed by atoms with Crippen molar-refractivity contribution in [1.82, 2.24) is 9.78 Å². The lowest BCUT2D eigenvalue weighted by molar-refractivity contribution is 0.883. The van der Waals surface area contributed by atoms with E-state index in [0.717, 1.165) is 16.9 Å². The predicted octanol–water partition coefficient (Wildman–Crippen LogP) is 1.76. The molecule has 1 heterocycles. The molecule has 2 aromatic rings. The molecule has 1 aromatic carbocycles. The number of nitrogen functional groups attached to an aromatic ring is 1. The summed E-state index contributed by atoms with van der Waals surface area (Å²) in [6.45, 7) is 2.00. The van der Waals surface area contributed by atoms with Gasteiger partial charge < -0.3 is 5.73 Å². The summed E-state index contributed by atoms with van der Waals surface area (Å²) >= 11 is 0. The molecule has 0 radical (unpaired) electrons. The van der Waals surface area contributed by atoms with Gasteiger partial charge in [-0.2, -0.15) is 5.10 Å². The van der Waals surface area contributed by atoms with Crippen molar-refractivity contribution >= 4 is 5.69 Å². The highest BCUT2D eigenvalue weighted by Crippen LogP contribution is 2.15. The van der Waals surface area contributed by atoms with Gasteiger partial charge in [0.1, 0.15) is 0 Å². The minimum atomic E-state index is 0.741. The van der Waals surface area contributed by atoms with Crippen LogP contribution in [0.2, 0.25) is 0 Å². The molecule has 0 aliphatic carbocycles. The van der Waals surface area contributed by atoms with Crippen LogP contribution in [0.3, 0.4) is 0 Å². The van der Waals surface area contributed by atoms with Crippen LogP contribution in [0.25, 0.3) is 5.69 Å². The van der Waals surface area contributed by atoms with Crippen molar-refractivity contribution in [3.63, 3.8) is 0 Å². The first kappa shape index (κ1) is 7.86. The first-order valence-electron chi connectivity index (χ1n) is 4.13. The SMILES string of the molecule is Cc1cnn(-c2ccccc2N)c1. The molecule has 3 nitrogen and oxygen atoms in total. The molecule has 1 aromatic heterocycles. The summed E-state index contributed by atoms with van der Waals surface area (Å²) in [5.41, 5.74) is 8.60. The normalized spacial score (nSPS) is 10.2. The van der Waals surface area contributed by atoms with Gasteiger partial charge in [0, 0.05) is 6.20 Å². The van der Waals surface area contributed by atoms with Crippen LogP contribution in [-0.2, 0) is 0 Å². The van der Waals surface area contributed by atoms with Crippen molar-refractivity contribution in [3.05, 3.63) is 42.2 Å². The van der Waals surface area contributed by atoms with E-state index in [-0.39, 0.29) is 0 Å². The Hall–Kier alpha value is -1.77. The summed E-state index contributed by atoms with van der Waals surface area (Å²) < 4.78 is 1.78. The largest absolute Gasteiger partial charge is 0.397 e. The van der Waals surface area contributed by atoms with Crippen LogP contribution in [-0.4, -0.2) is 9.78 Å². The lowest BCUT2D eigenvalue weighted by Gasteiger charge is -2.03. The van der Waals surface area contributed by atoms with Crippen molar-refractivity contribution < 1.29 is 0 Å². The number of nitrogens with two attached hydrogens (primary N) is 1. The molecule has 0 spiro atoms. The Morgan fingerprint density at radius 2 is 2.08 bits per heavy atom. The van der Waals surface area contributed by atoms with Crippen LogP contribution in [0, 0.1) is 6.92 Å². The summed E-state index contributed by atoms with van der Waals surface area (Å²) in [4.78, 5) is 0. The van der Waals surface area contributed by atoms with E-state index in [1.165, 1.54) is 0 Å². The van der Waals surface area contributed by atoms with Crippen LogP contribution in [0.5, 0.6) is 0 Å². The van der Waals surface area contributed by atoms with E-state index in [2.05, 4.69) is 5.10 Å². The highest BCUT2D eigenvalue weighted by atomic mass is 15.3. The van der Waals surface area contributed by atoms with E-state index in [1.807, 2.05) is 43.6 Å². The lowest BCUT2D eigenvalue weighted by atomic mass is 10.3. The monoisotopic (exact) mass is 173 g/mol.